The van der Waals surface area contributed by atoms with Crippen LogP contribution in [0.2, 0.25) is 5.02 Å². The lowest BCUT2D eigenvalue weighted by atomic mass is 9.95. The van der Waals surface area contributed by atoms with E-state index in [1.807, 2.05) is 61.1 Å². The summed E-state index contributed by atoms with van der Waals surface area (Å²) in [4.78, 5) is 16.3. The van der Waals surface area contributed by atoms with E-state index in [4.69, 9.17) is 35.6 Å². The van der Waals surface area contributed by atoms with Gasteiger partial charge in [0.25, 0.3) is 0 Å². The lowest BCUT2D eigenvalue weighted by molar-refractivity contribution is 0.0176. The number of allylic oxidation sites excluding steroid dienone is 1. The molecular weight excluding hydrogens is 652 g/mol. The minimum absolute atomic E-state index is 0.250. The quantitative estimate of drug-likeness (QED) is 0.0842. The normalized spacial score (nSPS) is 17.4. The topological polar surface area (TPSA) is 80.0 Å². The first-order valence-electron chi connectivity index (χ1n) is 17.7. The number of ether oxygens (including phenoxy) is 4. The predicted molar refractivity (Wildman–Crippen MR) is 197 cm³/mol. The van der Waals surface area contributed by atoms with Crippen LogP contribution in [0.1, 0.15) is 53.3 Å². The van der Waals surface area contributed by atoms with E-state index in [9.17, 15) is 4.79 Å². The van der Waals surface area contributed by atoms with Gasteiger partial charge in [0.2, 0.25) is 0 Å². The van der Waals surface area contributed by atoms with Gasteiger partial charge in [0.05, 0.1) is 49.3 Å². The van der Waals surface area contributed by atoms with Gasteiger partial charge in [0.15, 0.2) is 0 Å². The largest absolute Gasteiger partial charge is 0.493 e. The summed E-state index contributed by atoms with van der Waals surface area (Å²) in [6.07, 6.45) is 5.96. The van der Waals surface area contributed by atoms with Crippen molar-refractivity contribution in [3.8, 4) is 16.9 Å². The van der Waals surface area contributed by atoms with Crippen molar-refractivity contribution in [3.05, 3.63) is 94.4 Å². The first kappa shape index (κ1) is 34.3. The number of hydrogen-bond donors (Lipinski definition) is 0. The molecule has 2 aliphatic heterocycles. The number of rotatable bonds is 10. The Hall–Kier alpha value is -4.15. The maximum atomic E-state index is 13.9. The fourth-order valence-corrected chi connectivity index (χ4v) is 7.61. The minimum Gasteiger partial charge on any atom is -0.493 e. The Bertz CT molecular complexity index is 2020. The Morgan fingerprint density at radius 3 is 2.68 bits per heavy atom. The smallest absolute Gasteiger partial charge is 0.355 e. The number of halogens is 1. The standard InChI is InChI=1S/C40H45ClN4O5/c1-4-48-40(46)39-30(14-10-24-49-33-15-9-12-28-11-5-6-13-29(28)33)31-16-17-32(41)36-35-27(2)43(3)42-37(35)34(18-20-44-21-25-47-26-22-44)50-23-8-7-19-45(39)38(31)36/h5-9,11-13,15-17,34H,4,10,14,18-26H2,1-3H3/b8-7-. The second kappa shape index (κ2) is 15.4. The van der Waals surface area contributed by atoms with Crippen molar-refractivity contribution in [2.75, 3.05) is 52.7 Å². The monoisotopic (exact) mass is 696 g/mol. The van der Waals surface area contributed by atoms with Crippen LogP contribution in [0.5, 0.6) is 5.75 Å². The van der Waals surface area contributed by atoms with Crippen LogP contribution in [0.4, 0.5) is 0 Å². The summed E-state index contributed by atoms with van der Waals surface area (Å²) in [5.74, 6) is 0.511. The summed E-state index contributed by atoms with van der Waals surface area (Å²) in [7, 11) is 1.96. The van der Waals surface area contributed by atoms with Crippen molar-refractivity contribution < 1.29 is 23.7 Å². The zero-order valence-corrected chi connectivity index (χ0v) is 29.9. The molecule has 50 heavy (non-hydrogen) atoms. The van der Waals surface area contributed by atoms with Crippen LogP contribution >= 0.6 is 11.6 Å². The maximum Gasteiger partial charge on any atom is 0.355 e. The van der Waals surface area contributed by atoms with Crippen LogP contribution in [-0.2, 0) is 34.2 Å². The molecule has 2 aliphatic rings. The van der Waals surface area contributed by atoms with Crippen LogP contribution in [-0.4, -0.2) is 77.9 Å². The number of carbonyl (C=O) groups is 1. The van der Waals surface area contributed by atoms with E-state index in [2.05, 4.69) is 40.7 Å². The first-order chi connectivity index (χ1) is 24.5. The third-order valence-corrected chi connectivity index (χ3v) is 10.2. The Morgan fingerprint density at radius 2 is 1.84 bits per heavy atom. The van der Waals surface area contributed by atoms with Crippen LogP contribution in [0, 0.1) is 6.92 Å². The molecule has 0 aliphatic carbocycles. The number of hydrogen-bond acceptors (Lipinski definition) is 7. The predicted octanol–water partition coefficient (Wildman–Crippen LogP) is 7.69. The summed E-state index contributed by atoms with van der Waals surface area (Å²) in [5, 5.41) is 8.86. The van der Waals surface area contributed by atoms with Gasteiger partial charge in [-0.1, -0.05) is 66.2 Å². The van der Waals surface area contributed by atoms with Gasteiger partial charge >= 0.3 is 5.97 Å². The SMILES string of the molecule is CCOC(=O)c1c(CCCOc2cccc3ccccc23)c2ccc(Cl)c3c2n1C/C=C\COC(CCN1CCOCC1)c1nn(C)c(C)c1-3. The highest BCUT2D eigenvalue weighted by Crippen LogP contribution is 2.44. The van der Waals surface area contributed by atoms with Crippen LogP contribution in [0.15, 0.2) is 66.7 Å². The minimum atomic E-state index is -0.346. The zero-order valence-electron chi connectivity index (χ0n) is 29.1. The molecule has 0 saturated carbocycles. The zero-order chi connectivity index (χ0) is 34.6. The molecule has 10 heteroatoms. The number of nitrogens with zero attached hydrogens (tertiary/aromatic N) is 4. The number of aromatic nitrogens is 3. The summed E-state index contributed by atoms with van der Waals surface area (Å²) in [6, 6.07) is 18.3. The van der Waals surface area contributed by atoms with Crippen molar-refractivity contribution in [1.29, 1.82) is 0 Å². The number of aryl methyl sites for hydroxylation is 2. The average Bonchev–Trinajstić information content (AvgIpc) is 3.59. The number of esters is 1. The van der Waals surface area contributed by atoms with Crippen molar-refractivity contribution in [3.63, 3.8) is 0 Å². The molecule has 7 rings (SSSR count). The summed E-state index contributed by atoms with van der Waals surface area (Å²) in [5.41, 5.74) is 6.05. The third-order valence-electron chi connectivity index (χ3n) is 9.90. The van der Waals surface area contributed by atoms with E-state index in [0.717, 1.165) is 94.8 Å². The summed E-state index contributed by atoms with van der Waals surface area (Å²) in [6.45, 7) is 9.75. The fraction of sp³-hybridized carbons (Fsp3) is 0.400. The van der Waals surface area contributed by atoms with Gasteiger partial charge in [-0.15, -0.1) is 0 Å². The molecule has 5 aromatic rings. The highest BCUT2D eigenvalue weighted by molar-refractivity contribution is 6.35. The van der Waals surface area contributed by atoms with E-state index in [1.54, 1.807) is 0 Å². The number of morpholine rings is 1. The Balaban J connectivity index is 1.30. The molecule has 1 unspecified atom stereocenters. The van der Waals surface area contributed by atoms with Gasteiger partial charge in [-0.25, -0.2) is 4.79 Å². The molecule has 1 fully saturated rings. The second-order valence-electron chi connectivity index (χ2n) is 12.9. The molecule has 4 heterocycles. The molecule has 1 saturated heterocycles. The van der Waals surface area contributed by atoms with Crippen molar-refractivity contribution in [1.82, 2.24) is 19.2 Å². The van der Waals surface area contributed by atoms with E-state index in [-0.39, 0.29) is 18.7 Å². The van der Waals surface area contributed by atoms with Crippen LogP contribution in [0.3, 0.4) is 0 Å². The molecule has 0 spiro atoms. The molecule has 0 N–H and O–H groups in total. The van der Waals surface area contributed by atoms with Gasteiger partial charge in [0, 0.05) is 60.8 Å². The highest BCUT2D eigenvalue weighted by Gasteiger charge is 2.31. The summed E-state index contributed by atoms with van der Waals surface area (Å²) >= 11 is 7.20. The third kappa shape index (κ3) is 6.80. The van der Waals surface area contributed by atoms with E-state index >= 15 is 0 Å². The molecule has 3 aromatic carbocycles. The Kier molecular flexibility index (Phi) is 10.6. The highest BCUT2D eigenvalue weighted by atomic mass is 35.5. The molecule has 0 bridgehead atoms. The number of benzene rings is 3. The molecule has 2 aromatic heterocycles. The van der Waals surface area contributed by atoms with Crippen LogP contribution < -0.4 is 4.74 Å². The van der Waals surface area contributed by atoms with Gasteiger partial charge in [0.1, 0.15) is 17.5 Å². The molecule has 1 atom stereocenters. The average molecular weight is 697 g/mol. The maximum absolute atomic E-state index is 13.9. The van der Waals surface area contributed by atoms with E-state index in [0.29, 0.717) is 43.3 Å². The van der Waals surface area contributed by atoms with Gasteiger partial charge in [-0.05, 0) is 56.2 Å². The second-order valence-corrected chi connectivity index (χ2v) is 13.3. The molecule has 9 nitrogen and oxygen atoms in total. The van der Waals surface area contributed by atoms with Crippen molar-refractivity contribution >= 4 is 39.2 Å². The van der Waals surface area contributed by atoms with Gasteiger partial charge in [-0.3, -0.25) is 9.58 Å². The van der Waals surface area contributed by atoms with Crippen LogP contribution in [0.25, 0.3) is 32.8 Å². The van der Waals surface area contributed by atoms with E-state index in [1.165, 1.54) is 0 Å². The summed E-state index contributed by atoms with van der Waals surface area (Å²) < 4.78 is 28.2. The van der Waals surface area contributed by atoms with Gasteiger partial charge < -0.3 is 23.5 Å². The number of fused-ring (bicyclic) bond motifs is 3. The fourth-order valence-electron chi connectivity index (χ4n) is 7.36. The first-order valence-corrected chi connectivity index (χ1v) is 18.1. The lowest BCUT2D eigenvalue weighted by Crippen LogP contribution is -2.37. The van der Waals surface area contributed by atoms with E-state index < -0.39 is 0 Å². The Labute approximate surface area is 298 Å². The molecule has 262 valence electrons. The Morgan fingerprint density at radius 1 is 1.02 bits per heavy atom. The van der Waals surface area contributed by atoms with Gasteiger partial charge in [-0.2, -0.15) is 5.10 Å². The molecular formula is C40H45ClN4O5. The molecule has 0 amide bonds. The lowest BCUT2D eigenvalue weighted by Gasteiger charge is -2.28. The van der Waals surface area contributed by atoms with Crippen molar-refractivity contribution in [2.45, 2.75) is 45.8 Å². The number of carbonyl (C=O) groups excluding carboxylic acids is 1. The van der Waals surface area contributed by atoms with Crippen molar-refractivity contribution in [2.24, 2.45) is 7.05 Å². The molecule has 0 radical (unpaired) electrons.